The third kappa shape index (κ3) is 2.22. The Morgan fingerprint density at radius 1 is 1.08 bits per heavy atom. The van der Waals surface area contributed by atoms with E-state index in [-0.39, 0.29) is 5.48 Å². The number of hydrogen-bond donors (Lipinski definition) is 0. The lowest BCUT2D eigenvalue weighted by Crippen LogP contribution is -2.67. The second-order valence-corrected chi connectivity index (χ2v) is 4.43. The minimum absolute atomic E-state index is 0. The number of rotatable bonds is 3. The van der Waals surface area contributed by atoms with Crippen LogP contribution in [0.2, 0.25) is 0 Å². The van der Waals surface area contributed by atoms with Crippen LogP contribution < -0.4 is 0 Å². The molecule has 0 atom stereocenters. The summed E-state index contributed by atoms with van der Waals surface area (Å²) >= 11 is 0. The molecule has 3 nitrogen and oxygen atoms in total. The summed E-state index contributed by atoms with van der Waals surface area (Å²) in [6.07, 6.45) is 2.80. The van der Waals surface area contributed by atoms with E-state index in [4.69, 9.17) is 0 Å². The van der Waals surface area contributed by atoms with Crippen LogP contribution in [-0.2, 0) is 0 Å². The summed E-state index contributed by atoms with van der Waals surface area (Å²) in [4.78, 5) is 2.62. The number of unbranched alkanes of at least 4 members (excludes halogenated alkanes) is 1. The maximum atomic E-state index is 2.62. The van der Waals surface area contributed by atoms with Gasteiger partial charge in [0.25, 0.3) is 0 Å². The molecule has 1 N–H and O–H groups in total. The summed E-state index contributed by atoms with van der Waals surface area (Å²) in [5, 5.41) is 0. The third-order valence-electron chi connectivity index (χ3n) is 3.66. The Bertz CT molecular complexity index is 139. The molecule has 3 aliphatic rings. The Morgan fingerprint density at radius 3 is 2.08 bits per heavy atom. The molecule has 0 saturated carbocycles. The van der Waals surface area contributed by atoms with Gasteiger partial charge in [0, 0.05) is 19.6 Å². The first-order valence-corrected chi connectivity index (χ1v) is 5.42. The predicted molar refractivity (Wildman–Crippen MR) is 53.0 cm³/mol. The summed E-state index contributed by atoms with van der Waals surface area (Å²) < 4.78 is 1.45. The lowest BCUT2D eigenvalue weighted by molar-refractivity contribution is -0.941. The summed E-state index contributed by atoms with van der Waals surface area (Å²) in [5.74, 6) is 0. The lowest BCUT2D eigenvalue weighted by atomic mass is 10.1. The monoisotopic (exact) mass is 186 g/mol. The average Bonchev–Trinajstić information content (AvgIpc) is 2.18. The minimum Gasteiger partial charge on any atom is -0.870 e. The fraction of sp³-hybridized carbons (Fsp3) is 1.00. The smallest absolute Gasteiger partial charge is 0.0916 e. The molecule has 3 aliphatic heterocycles. The molecule has 3 heterocycles. The SMILES string of the molecule is CCCC[N+]12CCN(CC1)CC2.[OH-]. The number of quaternary nitrogens is 1. The standard InChI is InChI=1S/C10H21N2.H2O/c1-2-3-7-12-8-4-11(5-9-12)6-10-12;/h2-10H2,1H3;1H2/q+1;/p-1. The van der Waals surface area contributed by atoms with Crippen molar-refractivity contribution in [3.63, 3.8) is 0 Å². The highest BCUT2D eigenvalue weighted by Crippen LogP contribution is 2.19. The Hall–Kier alpha value is -0.120. The van der Waals surface area contributed by atoms with E-state index >= 15 is 0 Å². The number of fused-ring (bicyclic) bond motifs is 3. The van der Waals surface area contributed by atoms with E-state index in [1.165, 1.54) is 63.1 Å². The maximum absolute atomic E-state index is 2.62. The van der Waals surface area contributed by atoms with E-state index in [0.717, 1.165) is 0 Å². The van der Waals surface area contributed by atoms with Crippen molar-refractivity contribution in [2.75, 3.05) is 45.8 Å². The first-order chi connectivity index (χ1) is 5.85. The normalized spacial score (nSPS) is 37.2. The first kappa shape index (κ1) is 11.0. The highest BCUT2D eigenvalue weighted by Gasteiger charge is 2.37. The van der Waals surface area contributed by atoms with Gasteiger partial charge in [-0.25, -0.2) is 0 Å². The van der Waals surface area contributed by atoms with Crippen molar-refractivity contribution in [2.45, 2.75) is 19.8 Å². The average molecular weight is 186 g/mol. The van der Waals surface area contributed by atoms with Gasteiger partial charge in [-0.15, -0.1) is 0 Å². The van der Waals surface area contributed by atoms with Crippen molar-refractivity contribution >= 4 is 0 Å². The molecule has 0 unspecified atom stereocenters. The molecular weight excluding hydrogens is 164 g/mol. The molecule has 0 aromatic carbocycles. The quantitative estimate of drug-likeness (QED) is 0.610. The van der Waals surface area contributed by atoms with Gasteiger partial charge in [-0.1, -0.05) is 13.3 Å². The highest BCUT2D eigenvalue weighted by atomic mass is 16.0. The second-order valence-electron chi connectivity index (χ2n) is 4.43. The first-order valence-electron chi connectivity index (χ1n) is 5.42. The molecule has 13 heavy (non-hydrogen) atoms. The molecule has 0 aromatic rings. The predicted octanol–water partition coefficient (Wildman–Crippen LogP) is 0.756. The van der Waals surface area contributed by atoms with Gasteiger partial charge in [-0.05, 0) is 6.42 Å². The van der Waals surface area contributed by atoms with E-state index < -0.39 is 0 Å². The van der Waals surface area contributed by atoms with E-state index in [1.807, 2.05) is 0 Å². The zero-order valence-electron chi connectivity index (χ0n) is 8.71. The van der Waals surface area contributed by atoms with Gasteiger partial charge in [-0.2, -0.15) is 0 Å². The number of piperazine rings is 3. The van der Waals surface area contributed by atoms with Crippen molar-refractivity contribution in [2.24, 2.45) is 0 Å². The van der Waals surface area contributed by atoms with Crippen LogP contribution in [0.15, 0.2) is 0 Å². The molecule has 78 valence electrons. The van der Waals surface area contributed by atoms with Crippen LogP contribution in [-0.4, -0.2) is 60.7 Å². The van der Waals surface area contributed by atoms with Crippen LogP contribution in [0.1, 0.15) is 19.8 Å². The van der Waals surface area contributed by atoms with Crippen LogP contribution in [0.25, 0.3) is 0 Å². The zero-order valence-corrected chi connectivity index (χ0v) is 8.71. The second kappa shape index (κ2) is 4.40. The van der Waals surface area contributed by atoms with Crippen molar-refractivity contribution in [3.8, 4) is 0 Å². The van der Waals surface area contributed by atoms with Crippen molar-refractivity contribution in [3.05, 3.63) is 0 Å². The van der Waals surface area contributed by atoms with E-state index in [0.29, 0.717) is 0 Å². The zero-order chi connectivity index (χ0) is 8.44. The van der Waals surface area contributed by atoms with Crippen molar-refractivity contribution < 1.29 is 9.96 Å². The van der Waals surface area contributed by atoms with Crippen LogP contribution in [0.3, 0.4) is 0 Å². The fourth-order valence-electron chi connectivity index (χ4n) is 2.56. The lowest BCUT2D eigenvalue weighted by Gasteiger charge is -2.50. The Morgan fingerprint density at radius 2 is 1.62 bits per heavy atom. The van der Waals surface area contributed by atoms with Gasteiger partial charge in [0.15, 0.2) is 0 Å². The molecule has 2 bridgehead atoms. The Kier molecular flexibility index (Phi) is 3.71. The van der Waals surface area contributed by atoms with Crippen LogP contribution >= 0.6 is 0 Å². The summed E-state index contributed by atoms with van der Waals surface area (Å²) in [6.45, 7) is 12.1. The summed E-state index contributed by atoms with van der Waals surface area (Å²) in [5.41, 5.74) is 0. The van der Waals surface area contributed by atoms with E-state index in [1.54, 1.807) is 0 Å². The van der Waals surface area contributed by atoms with Crippen LogP contribution in [0.5, 0.6) is 0 Å². The molecule has 3 fully saturated rings. The van der Waals surface area contributed by atoms with Crippen LogP contribution in [0.4, 0.5) is 0 Å². The molecule has 0 spiro atoms. The largest absolute Gasteiger partial charge is 0.870 e. The van der Waals surface area contributed by atoms with Gasteiger partial charge < -0.3 is 9.96 Å². The maximum Gasteiger partial charge on any atom is 0.0916 e. The number of hydrogen-bond acceptors (Lipinski definition) is 2. The molecular formula is C10H22N2O. The topological polar surface area (TPSA) is 33.2 Å². The highest BCUT2D eigenvalue weighted by molar-refractivity contribution is 4.70. The third-order valence-corrected chi connectivity index (χ3v) is 3.66. The molecule has 0 amide bonds. The molecule has 0 aliphatic carbocycles. The minimum atomic E-state index is 0. The van der Waals surface area contributed by atoms with Gasteiger partial charge in [-0.3, -0.25) is 4.90 Å². The molecule has 0 aromatic heterocycles. The van der Waals surface area contributed by atoms with Gasteiger partial charge in [0.1, 0.15) is 0 Å². The molecule has 0 radical (unpaired) electrons. The van der Waals surface area contributed by atoms with Crippen molar-refractivity contribution in [1.82, 2.24) is 4.90 Å². The van der Waals surface area contributed by atoms with Crippen molar-refractivity contribution in [1.29, 1.82) is 0 Å². The van der Waals surface area contributed by atoms with Gasteiger partial charge in [0.05, 0.1) is 26.2 Å². The molecule has 3 rings (SSSR count). The van der Waals surface area contributed by atoms with Gasteiger partial charge >= 0.3 is 0 Å². The molecule has 3 heteroatoms. The summed E-state index contributed by atoms with van der Waals surface area (Å²) in [7, 11) is 0. The molecule has 3 saturated heterocycles. The van der Waals surface area contributed by atoms with Gasteiger partial charge in [0.2, 0.25) is 0 Å². The Labute approximate surface area is 81.2 Å². The fourth-order valence-corrected chi connectivity index (χ4v) is 2.56. The van der Waals surface area contributed by atoms with E-state index in [9.17, 15) is 0 Å². The van der Waals surface area contributed by atoms with E-state index in [2.05, 4.69) is 11.8 Å². The number of nitrogens with zero attached hydrogens (tertiary/aromatic N) is 2. The summed E-state index contributed by atoms with van der Waals surface area (Å²) in [6, 6.07) is 0. The Balaban J connectivity index is 0.000000845. The van der Waals surface area contributed by atoms with Crippen LogP contribution in [0, 0.1) is 0 Å².